The molecule has 0 aliphatic carbocycles. The van der Waals surface area contributed by atoms with E-state index in [4.69, 9.17) is 15.7 Å². The van der Waals surface area contributed by atoms with Crippen molar-refractivity contribution >= 4 is 5.69 Å². The number of hydrogen-bond acceptors (Lipinski definition) is 4. The molecular formula is C12H17N3O. The molecule has 0 saturated carbocycles. The molecule has 4 heteroatoms. The third-order valence-corrected chi connectivity index (χ3v) is 2.19. The molecule has 4 nitrogen and oxygen atoms in total. The predicted molar refractivity (Wildman–Crippen MR) is 62.9 cm³/mol. The summed E-state index contributed by atoms with van der Waals surface area (Å²) in [6.45, 7) is 6.23. The van der Waals surface area contributed by atoms with Crippen molar-refractivity contribution in [1.82, 2.24) is 4.98 Å². The van der Waals surface area contributed by atoms with Crippen LogP contribution in [0.25, 0.3) is 0 Å². The summed E-state index contributed by atoms with van der Waals surface area (Å²) in [5, 5.41) is 8.81. The van der Waals surface area contributed by atoms with E-state index in [0.717, 1.165) is 6.42 Å². The van der Waals surface area contributed by atoms with E-state index in [1.807, 2.05) is 13.0 Å². The minimum absolute atomic E-state index is 0.0451. The van der Waals surface area contributed by atoms with E-state index < -0.39 is 0 Å². The Kier molecular flexibility index (Phi) is 4.12. The van der Waals surface area contributed by atoms with Crippen LogP contribution < -0.4 is 10.5 Å². The minimum atomic E-state index is 0.0451. The molecule has 86 valence electrons. The molecule has 1 atom stereocenters. The number of ether oxygens (including phenoxy) is 1. The molecule has 1 unspecified atom stereocenters. The van der Waals surface area contributed by atoms with Gasteiger partial charge < -0.3 is 10.5 Å². The van der Waals surface area contributed by atoms with Crippen molar-refractivity contribution in [3.05, 3.63) is 17.8 Å². The van der Waals surface area contributed by atoms with Crippen LogP contribution in [0.4, 0.5) is 5.69 Å². The second-order valence-electron chi connectivity index (χ2n) is 4.25. The van der Waals surface area contributed by atoms with Crippen molar-refractivity contribution in [2.45, 2.75) is 33.3 Å². The quantitative estimate of drug-likeness (QED) is 0.843. The molecule has 0 bridgehead atoms. The summed E-state index contributed by atoms with van der Waals surface area (Å²) in [4.78, 5) is 4.04. The van der Waals surface area contributed by atoms with E-state index in [2.05, 4.69) is 18.8 Å². The fourth-order valence-corrected chi connectivity index (χ4v) is 1.55. The molecule has 0 fully saturated rings. The van der Waals surface area contributed by atoms with Crippen molar-refractivity contribution < 1.29 is 4.74 Å². The number of aromatic nitrogens is 1. The zero-order chi connectivity index (χ0) is 12.1. The fourth-order valence-electron chi connectivity index (χ4n) is 1.55. The number of pyridine rings is 1. The van der Waals surface area contributed by atoms with Gasteiger partial charge in [-0.3, -0.25) is 0 Å². The molecular weight excluding hydrogens is 202 g/mol. The number of nitrogen functional groups attached to an aromatic ring is 1. The molecule has 1 heterocycles. The average Bonchev–Trinajstić information content (AvgIpc) is 2.20. The van der Waals surface area contributed by atoms with E-state index >= 15 is 0 Å². The average molecular weight is 219 g/mol. The Morgan fingerprint density at radius 1 is 1.50 bits per heavy atom. The minimum Gasteiger partial charge on any atom is -0.473 e. The summed E-state index contributed by atoms with van der Waals surface area (Å²) in [5.74, 6) is 0.905. The number of rotatable bonds is 4. The molecule has 2 N–H and O–H groups in total. The standard InChI is InChI=1S/C12H17N3O/c1-8(2)6-9(3)16-12-11(14)10(7-13)4-5-15-12/h4-5,8-9H,6,14H2,1-3H3. The van der Waals surface area contributed by atoms with Crippen LogP contribution in [0.3, 0.4) is 0 Å². The van der Waals surface area contributed by atoms with Crippen molar-refractivity contribution in [2.75, 3.05) is 5.73 Å². The van der Waals surface area contributed by atoms with Gasteiger partial charge in [-0.1, -0.05) is 13.8 Å². The zero-order valence-corrected chi connectivity index (χ0v) is 9.90. The Bertz CT molecular complexity index is 396. The monoisotopic (exact) mass is 219 g/mol. The third kappa shape index (κ3) is 3.13. The number of anilines is 1. The van der Waals surface area contributed by atoms with Crippen LogP contribution in [0, 0.1) is 17.2 Å². The smallest absolute Gasteiger partial charge is 0.238 e. The van der Waals surface area contributed by atoms with Gasteiger partial charge in [-0.15, -0.1) is 0 Å². The summed E-state index contributed by atoms with van der Waals surface area (Å²) in [5.41, 5.74) is 6.49. The lowest BCUT2D eigenvalue weighted by Crippen LogP contribution is -2.16. The van der Waals surface area contributed by atoms with E-state index in [0.29, 0.717) is 23.0 Å². The number of nitrogens with zero attached hydrogens (tertiary/aromatic N) is 2. The van der Waals surface area contributed by atoms with Crippen LogP contribution in [0.1, 0.15) is 32.8 Å². The number of nitriles is 1. The molecule has 1 aromatic rings. The van der Waals surface area contributed by atoms with Crippen LogP contribution in [-0.2, 0) is 0 Å². The van der Waals surface area contributed by atoms with Gasteiger partial charge in [-0.25, -0.2) is 4.98 Å². The van der Waals surface area contributed by atoms with Crippen LogP contribution in [0.15, 0.2) is 12.3 Å². The van der Waals surface area contributed by atoms with Crippen LogP contribution in [-0.4, -0.2) is 11.1 Å². The number of nitrogens with two attached hydrogens (primary N) is 1. The summed E-state index contributed by atoms with van der Waals surface area (Å²) < 4.78 is 5.61. The highest BCUT2D eigenvalue weighted by Crippen LogP contribution is 2.23. The molecule has 0 amide bonds. The zero-order valence-electron chi connectivity index (χ0n) is 9.90. The van der Waals surface area contributed by atoms with Crippen molar-refractivity contribution in [3.63, 3.8) is 0 Å². The van der Waals surface area contributed by atoms with Crippen LogP contribution in [0.5, 0.6) is 5.88 Å². The van der Waals surface area contributed by atoms with Gasteiger partial charge in [0.1, 0.15) is 11.8 Å². The first-order chi connectivity index (χ1) is 7.54. The van der Waals surface area contributed by atoms with Gasteiger partial charge in [0.2, 0.25) is 5.88 Å². The Morgan fingerprint density at radius 2 is 2.19 bits per heavy atom. The Labute approximate surface area is 96.1 Å². The topological polar surface area (TPSA) is 71.9 Å². The maximum Gasteiger partial charge on any atom is 0.238 e. The predicted octanol–water partition coefficient (Wildman–Crippen LogP) is 2.35. The van der Waals surface area contributed by atoms with Gasteiger partial charge >= 0.3 is 0 Å². The largest absolute Gasteiger partial charge is 0.473 e. The second kappa shape index (κ2) is 5.36. The number of hydrogen-bond donors (Lipinski definition) is 1. The normalized spacial score (nSPS) is 12.2. The molecule has 1 rings (SSSR count). The van der Waals surface area contributed by atoms with Gasteiger partial charge in [0.25, 0.3) is 0 Å². The Hall–Kier alpha value is -1.76. The van der Waals surface area contributed by atoms with Gasteiger partial charge in [0.05, 0.1) is 11.7 Å². The lowest BCUT2D eigenvalue weighted by atomic mass is 10.1. The summed E-state index contributed by atoms with van der Waals surface area (Å²) in [7, 11) is 0. The van der Waals surface area contributed by atoms with Crippen molar-refractivity contribution in [2.24, 2.45) is 5.92 Å². The highest BCUT2D eigenvalue weighted by Gasteiger charge is 2.12. The molecule has 16 heavy (non-hydrogen) atoms. The molecule has 0 saturated heterocycles. The van der Waals surface area contributed by atoms with E-state index in [-0.39, 0.29) is 6.10 Å². The fraction of sp³-hybridized carbons (Fsp3) is 0.500. The van der Waals surface area contributed by atoms with E-state index in [1.54, 1.807) is 6.07 Å². The molecule has 0 spiro atoms. The molecule has 0 radical (unpaired) electrons. The third-order valence-electron chi connectivity index (χ3n) is 2.19. The first-order valence-electron chi connectivity index (χ1n) is 5.35. The molecule has 0 aromatic carbocycles. The SMILES string of the molecule is CC(C)CC(C)Oc1nccc(C#N)c1N. The molecule has 0 aliphatic rings. The lowest BCUT2D eigenvalue weighted by Gasteiger charge is -2.16. The first-order valence-corrected chi connectivity index (χ1v) is 5.35. The van der Waals surface area contributed by atoms with E-state index in [1.165, 1.54) is 6.20 Å². The summed E-state index contributed by atoms with van der Waals surface area (Å²) in [6, 6.07) is 3.58. The molecule has 0 aliphatic heterocycles. The van der Waals surface area contributed by atoms with Crippen molar-refractivity contribution in [1.29, 1.82) is 5.26 Å². The van der Waals surface area contributed by atoms with Crippen molar-refractivity contribution in [3.8, 4) is 11.9 Å². The summed E-state index contributed by atoms with van der Waals surface area (Å²) in [6.07, 6.45) is 2.51. The Morgan fingerprint density at radius 3 is 2.75 bits per heavy atom. The highest BCUT2D eigenvalue weighted by molar-refractivity contribution is 5.59. The Balaban J connectivity index is 2.78. The first kappa shape index (κ1) is 12.3. The van der Waals surface area contributed by atoms with Gasteiger partial charge in [0.15, 0.2) is 0 Å². The van der Waals surface area contributed by atoms with Gasteiger partial charge in [-0.05, 0) is 25.3 Å². The lowest BCUT2D eigenvalue weighted by molar-refractivity contribution is 0.187. The van der Waals surface area contributed by atoms with Gasteiger partial charge in [-0.2, -0.15) is 5.26 Å². The highest BCUT2D eigenvalue weighted by atomic mass is 16.5. The summed E-state index contributed by atoms with van der Waals surface area (Å²) >= 11 is 0. The molecule has 1 aromatic heterocycles. The second-order valence-corrected chi connectivity index (χ2v) is 4.25. The van der Waals surface area contributed by atoms with Gasteiger partial charge in [0, 0.05) is 6.20 Å². The maximum absolute atomic E-state index is 8.81. The van der Waals surface area contributed by atoms with Crippen LogP contribution in [0.2, 0.25) is 0 Å². The van der Waals surface area contributed by atoms with Crippen LogP contribution >= 0.6 is 0 Å². The maximum atomic E-state index is 8.81. The van der Waals surface area contributed by atoms with E-state index in [9.17, 15) is 0 Å².